The van der Waals surface area contributed by atoms with Crippen molar-refractivity contribution in [3.8, 4) is 5.75 Å². The first-order valence-corrected chi connectivity index (χ1v) is 16.3. The number of sulfonamides is 2. The first-order chi connectivity index (χ1) is 19.2. The molecule has 2 aliphatic rings. The van der Waals surface area contributed by atoms with Crippen LogP contribution in [0.25, 0.3) is 0 Å². The second-order valence-corrected chi connectivity index (χ2v) is 13.9. The van der Waals surface area contributed by atoms with Gasteiger partial charge in [0.1, 0.15) is 5.75 Å². The number of carbonyl (C=O) groups is 1. The topological polar surface area (TPSA) is 113 Å². The van der Waals surface area contributed by atoms with Gasteiger partial charge in [0.05, 0.1) is 20.5 Å². The number of anilines is 1. The number of benzene rings is 3. The van der Waals surface area contributed by atoms with E-state index in [1.807, 2.05) is 12.1 Å². The molecule has 0 atom stereocenters. The number of fused-ring (bicyclic) bond motifs is 1. The Kier molecular flexibility index (Phi) is 8.37. The van der Waals surface area contributed by atoms with Gasteiger partial charge < -0.3 is 10.1 Å². The van der Waals surface area contributed by atoms with Crippen molar-refractivity contribution in [1.82, 2.24) is 9.62 Å². The molecule has 40 heavy (non-hydrogen) atoms. The Bertz CT molecular complexity index is 1610. The number of hydrogen-bond acceptors (Lipinski definition) is 6. The molecule has 9 nitrogen and oxygen atoms in total. The van der Waals surface area contributed by atoms with Crippen LogP contribution in [0.2, 0.25) is 5.02 Å². The minimum atomic E-state index is -3.80. The van der Waals surface area contributed by atoms with Crippen molar-refractivity contribution in [2.45, 2.75) is 35.5 Å². The van der Waals surface area contributed by atoms with E-state index in [2.05, 4.69) is 5.32 Å². The van der Waals surface area contributed by atoms with E-state index < -0.39 is 20.0 Å². The molecule has 1 amide bonds. The third kappa shape index (κ3) is 5.97. The van der Waals surface area contributed by atoms with E-state index in [1.165, 1.54) is 26.8 Å². The lowest BCUT2D eigenvalue weighted by Gasteiger charge is -2.20. The predicted octanol–water partition coefficient (Wildman–Crippen LogP) is 3.61. The highest BCUT2D eigenvalue weighted by Crippen LogP contribution is 2.35. The van der Waals surface area contributed by atoms with Crippen LogP contribution in [0.5, 0.6) is 5.75 Å². The SMILES string of the molecule is O=C(COc1ccc(S(=O)(=O)N2CCc3ccccc32)cc1Cl)NCCc1ccc(S(=O)(=O)N2CCCC2)cc1. The maximum atomic E-state index is 13.2. The van der Waals surface area contributed by atoms with E-state index in [0.29, 0.717) is 44.7 Å². The average Bonchev–Trinajstić information content (AvgIpc) is 3.64. The first-order valence-electron chi connectivity index (χ1n) is 13.0. The van der Waals surface area contributed by atoms with Crippen LogP contribution in [-0.4, -0.2) is 59.8 Å². The van der Waals surface area contributed by atoms with E-state index in [-0.39, 0.29) is 33.1 Å². The van der Waals surface area contributed by atoms with Gasteiger partial charge in [-0.2, -0.15) is 4.31 Å². The van der Waals surface area contributed by atoms with Gasteiger partial charge in [-0.1, -0.05) is 41.9 Å². The highest BCUT2D eigenvalue weighted by atomic mass is 35.5. The molecule has 12 heteroatoms. The monoisotopic (exact) mass is 603 g/mol. The lowest BCUT2D eigenvalue weighted by molar-refractivity contribution is -0.123. The lowest BCUT2D eigenvalue weighted by atomic mass is 10.1. The predicted molar refractivity (Wildman–Crippen MR) is 153 cm³/mol. The first kappa shape index (κ1) is 28.4. The summed E-state index contributed by atoms with van der Waals surface area (Å²) in [5.74, 6) is -0.165. The fraction of sp³-hybridized carbons (Fsp3) is 0.321. The zero-order valence-corrected chi connectivity index (χ0v) is 24.1. The van der Waals surface area contributed by atoms with Gasteiger partial charge in [-0.05, 0) is 73.2 Å². The molecule has 212 valence electrons. The fourth-order valence-electron chi connectivity index (χ4n) is 4.89. The van der Waals surface area contributed by atoms with Crippen LogP contribution in [0.1, 0.15) is 24.0 Å². The van der Waals surface area contributed by atoms with E-state index in [4.69, 9.17) is 16.3 Å². The maximum Gasteiger partial charge on any atom is 0.264 e. The van der Waals surface area contributed by atoms with Crippen LogP contribution in [0, 0.1) is 0 Å². The van der Waals surface area contributed by atoms with Crippen molar-refractivity contribution >= 4 is 43.2 Å². The van der Waals surface area contributed by atoms with E-state index >= 15 is 0 Å². The lowest BCUT2D eigenvalue weighted by Crippen LogP contribution is -2.30. The normalized spacial score (nSPS) is 15.7. The Hall–Kier alpha value is -3.12. The maximum absolute atomic E-state index is 13.2. The standard InChI is InChI=1S/C28H30ClN3O6S2/c29-25-19-24(40(36,37)32-18-14-22-5-1-2-6-26(22)32)11-12-27(25)38-20-28(33)30-15-13-21-7-9-23(10-8-21)39(34,35)31-16-3-4-17-31/h1-2,5-12,19H,3-4,13-18,20H2,(H,30,33). The summed E-state index contributed by atoms with van der Waals surface area (Å²) in [5, 5.41) is 2.84. The minimum absolute atomic E-state index is 0.0465. The Morgan fingerprint density at radius 2 is 1.57 bits per heavy atom. The molecule has 0 spiro atoms. The number of halogens is 1. The van der Waals surface area contributed by atoms with E-state index in [1.54, 1.807) is 36.4 Å². The quantitative estimate of drug-likeness (QED) is 0.379. The number of nitrogens with zero attached hydrogens (tertiary/aromatic N) is 2. The average molecular weight is 604 g/mol. The summed E-state index contributed by atoms with van der Waals surface area (Å²) >= 11 is 6.31. The molecule has 1 fully saturated rings. The molecule has 0 bridgehead atoms. The molecule has 0 aliphatic carbocycles. The third-order valence-corrected chi connectivity index (χ3v) is 11.1. The summed E-state index contributed by atoms with van der Waals surface area (Å²) in [7, 11) is -7.25. The highest BCUT2D eigenvalue weighted by molar-refractivity contribution is 7.92. The van der Waals surface area contributed by atoms with Crippen molar-refractivity contribution in [2.75, 3.05) is 37.1 Å². The van der Waals surface area contributed by atoms with Crippen LogP contribution in [0.4, 0.5) is 5.69 Å². The minimum Gasteiger partial charge on any atom is -0.482 e. The largest absolute Gasteiger partial charge is 0.482 e. The van der Waals surface area contributed by atoms with Gasteiger partial charge in [-0.25, -0.2) is 16.8 Å². The van der Waals surface area contributed by atoms with E-state index in [9.17, 15) is 21.6 Å². The molecular weight excluding hydrogens is 574 g/mol. The summed E-state index contributed by atoms with van der Waals surface area (Å²) in [6.45, 7) is 1.51. The second kappa shape index (κ2) is 11.8. The Labute approximate surface area is 239 Å². The zero-order valence-electron chi connectivity index (χ0n) is 21.8. The molecule has 2 aliphatic heterocycles. The molecule has 0 unspecified atom stereocenters. The van der Waals surface area contributed by atoms with Gasteiger partial charge in [0, 0.05) is 26.2 Å². The number of amides is 1. The van der Waals surface area contributed by atoms with Crippen LogP contribution < -0.4 is 14.4 Å². The van der Waals surface area contributed by atoms with Crippen molar-refractivity contribution in [3.05, 3.63) is 82.9 Å². The zero-order chi connectivity index (χ0) is 28.3. The second-order valence-electron chi connectivity index (χ2n) is 9.69. The van der Waals surface area contributed by atoms with Crippen LogP contribution >= 0.6 is 11.6 Å². The molecule has 2 heterocycles. The van der Waals surface area contributed by atoms with Crippen molar-refractivity contribution in [3.63, 3.8) is 0 Å². The molecule has 0 aromatic heterocycles. The van der Waals surface area contributed by atoms with E-state index in [0.717, 1.165) is 24.0 Å². The van der Waals surface area contributed by atoms with Crippen molar-refractivity contribution < 1.29 is 26.4 Å². The summed E-state index contributed by atoms with van der Waals surface area (Å²) in [6, 6.07) is 18.3. The number of hydrogen-bond donors (Lipinski definition) is 1. The number of nitrogens with one attached hydrogen (secondary N) is 1. The number of ether oxygens (including phenoxy) is 1. The summed E-state index contributed by atoms with van der Waals surface area (Å²) in [6.07, 6.45) is 2.93. The Balaban J connectivity index is 1.11. The molecule has 0 radical (unpaired) electrons. The highest BCUT2D eigenvalue weighted by Gasteiger charge is 2.31. The van der Waals surface area contributed by atoms with Crippen LogP contribution in [0.15, 0.2) is 76.5 Å². The number of para-hydroxylation sites is 1. The van der Waals surface area contributed by atoms with Gasteiger partial charge in [-0.3, -0.25) is 9.10 Å². The summed E-state index contributed by atoms with van der Waals surface area (Å²) in [4.78, 5) is 12.6. The fourth-order valence-corrected chi connectivity index (χ4v) is 8.24. The van der Waals surface area contributed by atoms with Gasteiger partial charge in [0.25, 0.3) is 15.9 Å². The van der Waals surface area contributed by atoms with Gasteiger partial charge in [0.2, 0.25) is 10.0 Å². The summed E-state index contributed by atoms with van der Waals surface area (Å²) in [5.41, 5.74) is 2.53. The smallest absolute Gasteiger partial charge is 0.264 e. The Morgan fingerprint density at radius 3 is 2.30 bits per heavy atom. The molecular formula is C28H30ClN3O6S2. The number of rotatable bonds is 10. The van der Waals surface area contributed by atoms with Crippen LogP contribution in [0.3, 0.4) is 0 Å². The van der Waals surface area contributed by atoms with Crippen LogP contribution in [-0.2, 0) is 37.7 Å². The molecule has 1 saturated heterocycles. The Morgan fingerprint density at radius 1 is 0.875 bits per heavy atom. The van der Waals surface area contributed by atoms with Gasteiger partial charge in [-0.15, -0.1) is 0 Å². The molecule has 3 aromatic rings. The molecule has 1 N–H and O–H groups in total. The summed E-state index contributed by atoms with van der Waals surface area (Å²) < 4.78 is 60.1. The van der Waals surface area contributed by atoms with Gasteiger partial charge >= 0.3 is 0 Å². The molecule has 5 rings (SSSR count). The van der Waals surface area contributed by atoms with Crippen molar-refractivity contribution in [1.29, 1.82) is 0 Å². The molecule has 0 saturated carbocycles. The molecule has 3 aromatic carbocycles. The van der Waals surface area contributed by atoms with Crippen molar-refractivity contribution in [2.24, 2.45) is 0 Å². The third-order valence-electron chi connectivity index (χ3n) is 7.06. The number of carbonyl (C=O) groups excluding carboxylic acids is 1. The van der Waals surface area contributed by atoms with Gasteiger partial charge in [0.15, 0.2) is 6.61 Å².